The Labute approximate surface area is 162 Å². The minimum atomic E-state index is -3.13. The lowest BCUT2D eigenvalue weighted by Gasteiger charge is -2.52. The third kappa shape index (κ3) is 4.37. The topological polar surface area (TPSA) is 59.0 Å². The molecule has 2 fully saturated rings. The molecule has 0 saturated carbocycles. The standard InChI is InChI=1S/C20H26F3NO4/c1-19(2,3)28-18(25)24-13-5-4-6-14(24)11-20(26,10-13)15-8-7-12(21)9-16(15)27-17(22)23/h7-9,13-14,17,26H,4-6,10-11H2,1-3H3. The second-order valence-corrected chi connectivity index (χ2v) is 8.58. The number of hydrogen-bond acceptors (Lipinski definition) is 4. The van der Waals surface area contributed by atoms with Crippen molar-refractivity contribution in [1.29, 1.82) is 0 Å². The van der Waals surface area contributed by atoms with E-state index in [-0.39, 0.29) is 36.2 Å². The molecule has 5 nitrogen and oxygen atoms in total. The fourth-order valence-electron chi connectivity index (χ4n) is 4.34. The molecule has 1 aromatic rings. The number of amides is 1. The van der Waals surface area contributed by atoms with Crippen LogP contribution in [0.15, 0.2) is 18.2 Å². The van der Waals surface area contributed by atoms with Crippen LogP contribution in [0, 0.1) is 5.82 Å². The number of piperidine rings is 2. The Bertz CT molecular complexity index is 721. The average Bonchev–Trinajstić information content (AvgIpc) is 2.51. The minimum absolute atomic E-state index is 0.120. The lowest BCUT2D eigenvalue weighted by molar-refractivity contribution is -0.101. The number of carbonyl (C=O) groups excluding carboxylic acids is 1. The van der Waals surface area contributed by atoms with Crippen molar-refractivity contribution in [3.63, 3.8) is 0 Å². The van der Waals surface area contributed by atoms with Crippen LogP contribution in [0.5, 0.6) is 5.75 Å². The lowest BCUT2D eigenvalue weighted by atomic mass is 9.72. The number of hydrogen-bond donors (Lipinski definition) is 1. The van der Waals surface area contributed by atoms with Gasteiger partial charge in [0, 0.05) is 36.6 Å². The van der Waals surface area contributed by atoms with E-state index in [1.165, 1.54) is 6.07 Å². The van der Waals surface area contributed by atoms with Crippen molar-refractivity contribution in [3.8, 4) is 5.75 Å². The molecular weight excluding hydrogens is 375 g/mol. The zero-order valence-electron chi connectivity index (χ0n) is 16.3. The monoisotopic (exact) mass is 401 g/mol. The second kappa shape index (κ2) is 7.46. The number of ether oxygens (including phenoxy) is 2. The summed E-state index contributed by atoms with van der Waals surface area (Å²) in [5.41, 5.74) is -2.02. The molecule has 2 atom stereocenters. The fraction of sp³-hybridized carbons (Fsp3) is 0.650. The van der Waals surface area contributed by atoms with Gasteiger partial charge < -0.3 is 19.5 Å². The van der Waals surface area contributed by atoms with Crippen LogP contribution >= 0.6 is 0 Å². The van der Waals surface area contributed by atoms with Crippen molar-refractivity contribution in [2.24, 2.45) is 0 Å². The number of rotatable bonds is 3. The Balaban J connectivity index is 1.90. The van der Waals surface area contributed by atoms with Gasteiger partial charge in [0.25, 0.3) is 0 Å². The van der Waals surface area contributed by atoms with Gasteiger partial charge in [0.2, 0.25) is 0 Å². The Morgan fingerprint density at radius 1 is 1.25 bits per heavy atom. The number of alkyl halides is 2. The Morgan fingerprint density at radius 2 is 1.86 bits per heavy atom. The van der Waals surface area contributed by atoms with Crippen LogP contribution in [0.3, 0.4) is 0 Å². The van der Waals surface area contributed by atoms with Gasteiger partial charge in [-0.15, -0.1) is 0 Å². The van der Waals surface area contributed by atoms with Crippen molar-refractivity contribution in [2.45, 2.75) is 82.8 Å². The van der Waals surface area contributed by atoms with Gasteiger partial charge in [0.15, 0.2) is 0 Å². The molecule has 1 aromatic carbocycles. The molecule has 0 aromatic heterocycles. The molecule has 3 rings (SSSR count). The number of benzene rings is 1. The van der Waals surface area contributed by atoms with E-state index in [1.807, 2.05) is 0 Å². The van der Waals surface area contributed by atoms with E-state index in [4.69, 9.17) is 4.74 Å². The average molecular weight is 401 g/mol. The van der Waals surface area contributed by atoms with Crippen molar-refractivity contribution < 1.29 is 32.5 Å². The Kier molecular flexibility index (Phi) is 5.53. The molecule has 156 valence electrons. The molecule has 0 spiro atoms. The number of carbonyl (C=O) groups is 1. The zero-order chi connectivity index (χ0) is 20.7. The van der Waals surface area contributed by atoms with Gasteiger partial charge in [0.1, 0.15) is 17.2 Å². The molecule has 0 aliphatic carbocycles. The van der Waals surface area contributed by atoms with E-state index in [0.717, 1.165) is 18.6 Å². The van der Waals surface area contributed by atoms with E-state index in [2.05, 4.69) is 4.74 Å². The maximum atomic E-state index is 13.6. The highest BCUT2D eigenvalue weighted by molar-refractivity contribution is 5.69. The van der Waals surface area contributed by atoms with E-state index in [1.54, 1.807) is 25.7 Å². The van der Waals surface area contributed by atoms with Crippen molar-refractivity contribution >= 4 is 6.09 Å². The van der Waals surface area contributed by atoms with Crippen LogP contribution in [0.4, 0.5) is 18.0 Å². The number of halogens is 3. The van der Waals surface area contributed by atoms with Crippen LogP contribution in [0.2, 0.25) is 0 Å². The predicted octanol–water partition coefficient (Wildman–Crippen LogP) is 4.57. The maximum absolute atomic E-state index is 13.6. The van der Waals surface area contributed by atoms with E-state index >= 15 is 0 Å². The summed E-state index contributed by atoms with van der Waals surface area (Å²) in [5.74, 6) is -1.10. The molecule has 2 bridgehead atoms. The van der Waals surface area contributed by atoms with Crippen LogP contribution in [0.25, 0.3) is 0 Å². The highest BCUT2D eigenvalue weighted by Crippen LogP contribution is 2.47. The third-order valence-corrected chi connectivity index (χ3v) is 5.27. The van der Waals surface area contributed by atoms with Gasteiger partial charge in [-0.2, -0.15) is 8.78 Å². The summed E-state index contributed by atoms with van der Waals surface area (Å²) in [4.78, 5) is 14.3. The second-order valence-electron chi connectivity index (χ2n) is 8.58. The van der Waals surface area contributed by atoms with Crippen LogP contribution < -0.4 is 4.74 Å². The van der Waals surface area contributed by atoms with Gasteiger partial charge in [0.05, 0.1) is 5.60 Å². The molecule has 8 heteroatoms. The molecule has 1 N–H and O–H groups in total. The van der Waals surface area contributed by atoms with Crippen molar-refractivity contribution in [3.05, 3.63) is 29.6 Å². The maximum Gasteiger partial charge on any atom is 0.410 e. The largest absolute Gasteiger partial charge is 0.444 e. The smallest absolute Gasteiger partial charge is 0.410 e. The number of fused-ring (bicyclic) bond motifs is 2. The molecule has 1 amide bonds. The van der Waals surface area contributed by atoms with Crippen LogP contribution in [-0.2, 0) is 10.3 Å². The molecule has 0 radical (unpaired) electrons. The van der Waals surface area contributed by atoms with E-state index in [9.17, 15) is 23.1 Å². The molecular formula is C20H26F3NO4. The zero-order valence-corrected chi connectivity index (χ0v) is 16.3. The lowest BCUT2D eigenvalue weighted by Crippen LogP contribution is -2.59. The van der Waals surface area contributed by atoms with Gasteiger partial charge in [-0.1, -0.05) is 0 Å². The summed E-state index contributed by atoms with van der Waals surface area (Å²) in [6, 6.07) is 2.66. The van der Waals surface area contributed by atoms with Crippen molar-refractivity contribution in [2.75, 3.05) is 0 Å². The summed E-state index contributed by atoms with van der Waals surface area (Å²) in [7, 11) is 0. The SMILES string of the molecule is CC(C)(C)OC(=O)N1C2CCCC1CC(O)(c1ccc(F)cc1OC(F)F)C2. The molecule has 2 aliphatic heterocycles. The first-order valence-corrected chi connectivity index (χ1v) is 9.47. The van der Waals surface area contributed by atoms with E-state index in [0.29, 0.717) is 12.8 Å². The minimum Gasteiger partial charge on any atom is -0.444 e. The van der Waals surface area contributed by atoms with Crippen LogP contribution in [-0.4, -0.2) is 40.4 Å². The Morgan fingerprint density at radius 3 is 2.39 bits per heavy atom. The summed E-state index contributed by atoms with van der Waals surface area (Å²) < 4.78 is 49.1. The van der Waals surface area contributed by atoms with Gasteiger partial charge >= 0.3 is 12.7 Å². The molecule has 28 heavy (non-hydrogen) atoms. The van der Waals surface area contributed by atoms with Crippen molar-refractivity contribution in [1.82, 2.24) is 4.90 Å². The molecule has 2 aliphatic rings. The van der Waals surface area contributed by atoms with Gasteiger partial charge in [-0.25, -0.2) is 9.18 Å². The summed E-state index contributed by atoms with van der Waals surface area (Å²) in [6.45, 7) is 2.22. The van der Waals surface area contributed by atoms with Gasteiger partial charge in [-0.3, -0.25) is 0 Å². The molecule has 2 unspecified atom stereocenters. The quantitative estimate of drug-likeness (QED) is 0.806. The first-order chi connectivity index (χ1) is 13.0. The number of aliphatic hydroxyl groups is 1. The number of nitrogens with zero attached hydrogens (tertiary/aromatic N) is 1. The highest BCUT2D eigenvalue weighted by Gasteiger charge is 2.50. The summed E-state index contributed by atoms with van der Waals surface area (Å²) >= 11 is 0. The summed E-state index contributed by atoms with van der Waals surface area (Å²) in [5, 5.41) is 11.3. The normalized spacial score (nSPS) is 27.6. The van der Waals surface area contributed by atoms with Crippen LogP contribution in [0.1, 0.15) is 58.4 Å². The molecule has 2 saturated heterocycles. The first kappa shape index (κ1) is 20.8. The predicted molar refractivity (Wildman–Crippen MR) is 95.7 cm³/mol. The Hall–Kier alpha value is -1.96. The highest BCUT2D eigenvalue weighted by atomic mass is 19.3. The molecule has 2 heterocycles. The summed E-state index contributed by atoms with van der Waals surface area (Å²) in [6.07, 6.45) is 2.10. The third-order valence-electron chi connectivity index (χ3n) is 5.27. The fourth-order valence-corrected chi connectivity index (χ4v) is 4.34. The first-order valence-electron chi connectivity index (χ1n) is 9.47. The van der Waals surface area contributed by atoms with E-state index < -0.39 is 29.7 Å². The van der Waals surface area contributed by atoms with Gasteiger partial charge in [-0.05, 0) is 52.2 Å².